The molecule has 8 nitrogen and oxygen atoms in total. The lowest BCUT2D eigenvalue weighted by Gasteiger charge is -2.15. The third-order valence-electron chi connectivity index (χ3n) is 3.80. The fraction of sp³-hybridized carbons (Fsp3) is 0.100. The predicted molar refractivity (Wildman–Crippen MR) is 114 cm³/mol. The number of hydrogen-bond donors (Lipinski definition) is 4. The van der Waals surface area contributed by atoms with Crippen molar-refractivity contribution in [2.24, 2.45) is 0 Å². The summed E-state index contributed by atoms with van der Waals surface area (Å²) in [5.41, 5.74) is 1.97. The molecule has 0 spiro atoms. The molecule has 0 bridgehead atoms. The molecule has 0 aliphatic heterocycles. The number of nitrogens with one attached hydrogen (secondary N) is 4. The van der Waals surface area contributed by atoms with Gasteiger partial charge in [0.2, 0.25) is 0 Å². The van der Waals surface area contributed by atoms with Crippen LogP contribution in [0.3, 0.4) is 0 Å². The summed E-state index contributed by atoms with van der Waals surface area (Å²) in [7, 11) is 0. The second-order valence-corrected chi connectivity index (χ2v) is 6.31. The summed E-state index contributed by atoms with van der Waals surface area (Å²) in [6, 6.07) is 11.7. The van der Waals surface area contributed by atoms with Gasteiger partial charge in [-0.05, 0) is 31.2 Å². The maximum atomic E-state index is 12.5. The van der Waals surface area contributed by atoms with Crippen molar-refractivity contribution in [1.82, 2.24) is 15.3 Å². The first-order valence-corrected chi connectivity index (χ1v) is 9.22. The third-order valence-corrected chi connectivity index (χ3v) is 4.13. The molecule has 0 aliphatic carbocycles. The second kappa shape index (κ2) is 9.52. The largest absolute Gasteiger partial charge is 0.352 e. The summed E-state index contributed by atoms with van der Waals surface area (Å²) in [5.74, 6) is -0.0311. The summed E-state index contributed by atoms with van der Waals surface area (Å²) in [5, 5.41) is 11.7. The minimum atomic E-state index is -0.379. The van der Waals surface area contributed by atoms with Crippen molar-refractivity contribution in [3.63, 3.8) is 0 Å². The van der Waals surface area contributed by atoms with E-state index in [0.717, 1.165) is 0 Å². The summed E-state index contributed by atoms with van der Waals surface area (Å²) >= 11 is 6.24. The minimum Gasteiger partial charge on any atom is -0.352 e. The lowest BCUT2D eigenvalue weighted by atomic mass is 10.2. The highest BCUT2D eigenvalue weighted by Gasteiger charge is 2.13. The first-order chi connectivity index (χ1) is 14.1. The molecule has 4 N–H and O–H groups in total. The van der Waals surface area contributed by atoms with E-state index in [1.54, 1.807) is 36.5 Å². The van der Waals surface area contributed by atoms with E-state index in [9.17, 15) is 9.59 Å². The lowest BCUT2D eigenvalue weighted by Crippen LogP contribution is -2.28. The summed E-state index contributed by atoms with van der Waals surface area (Å²) < 4.78 is 0. The molecule has 3 rings (SSSR count). The van der Waals surface area contributed by atoms with Crippen molar-refractivity contribution in [2.45, 2.75) is 6.92 Å². The van der Waals surface area contributed by atoms with Crippen molar-refractivity contribution >= 4 is 46.4 Å². The Morgan fingerprint density at radius 2 is 1.83 bits per heavy atom. The molecule has 0 unspecified atom stereocenters. The van der Waals surface area contributed by atoms with Crippen LogP contribution in [0.2, 0.25) is 5.02 Å². The molecule has 3 amide bonds. The summed E-state index contributed by atoms with van der Waals surface area (Å²) in [6.07, 6.45) is 4.51. The molecule has 0 aliphatic rings. The van der Waals surface area contributed by atoms with Gasteiger partial charge in [0.25, 0.3) is 5.91 Å². The highest BCUT2D eigenvalue weighted by atomic mass is 35.5. The Bertz CT molecular complexity index is 1010. The van der Waals surface area contributed by atoms with Crippen LogP contribution in [0, 0.1) is 0 Å². The number of carbonyl (C=O) groups excluding carboxylic acids is 2. The van der Waals surface area contributed by atoms with E-state index < -0.39 is 0 Å². The Hall–Kier alpha value is -3.65. The smallest absolute Gasteiger partial charge is 0.320 e. The van der Waals surface area contributed by atoms with Crippen LogP contribution in [-0.4, -0.2) is 28.5 Å². The van der Waals surface area contributed by atoms with Gasteiger partial charge in [-0.3, -0.25) is 15.1 Å². The number of pyridine rings is 2. The van der Waals surface area contributed by atoms with E-state index in [1.807, 2.05) is 19.1 Å². The number of para-hydroxylation sites is 1. The van der Waals surface area contributed by atoms with Gasteiger partial charge < -0.3 is 16.0 Å². The fourth-order valence-corrected chi connectivity index (χ4v) is 2.63. The molecular formula is C20H19ClN6O2. The van der Waals surface area contributed by atoms with E-state index in [1.165, 1.54) is 12.4 Å². The van der Waals surface area contributed by atoms with E-state index >= 15 is 0 Å². The van der Waals surface area contributed by atoms with Gasteiger partial charge in [-0.2, -0.15) is 0 Å². The predicted octanol–water partition coefficient (Wildman–Crippen LogP) is 4.27. The van der Waals surface area contributed by atoms with Crippen LogP contribution in [0.15, 0.2) is 61.1 Å². The molecule has 0 fully saturated rings. The number of hydrogen-bond acceptors (Lipinski definition) is 5. The number of rotatable bonds is 6. The quantitative estimate of drug-likeness (QED) is 0.485. The minimum absolute atomic E-state index is 0.310. The zero-order valence-electron chi connectivity index (χ0n) is 15.6. The van der Waals surface area contributed by atoms with Crippen LogP contribution >= 0.6 is 11.6 Å². The Morgan fingerprint density at radius 1 is 1.00 bits per heavy atom. The topological polar surface area (TPSA) is 108 Å². The van der Waals surface area contributed by atoms with Gasteiger partial charge in [-0.15, -0.1) is 0 Å². The Balaban J connectivity index is 1.90. The van der Waals surface area contributed by atoms with Crippen molar-refractivity contribution in [3.8, 4) is 0 Å². The standard InChI is InChI=1S/C20H19ClN6O2/c1-2-23-20(29)27-18-10-16(25-15-8-4-3-7-14(15)21)17(12-24-18)26-19(28)13-6-5-9-22-11-13/h3-12H,2H2,1H3,(H,26,28)(H3,23,24,25,27,29). The summed E-state index contributed by atoms with van der Waals surface area (Å²) in [4.78, 5) is 32.5. The van der Waals surface area contributed by atoms with Gasteiger partial charge in [0.15, 0.2) is 0 Å². The number of benzene rings is 1. The number of urea groups is 1. The summed E-state index contributed by atoms with van der Waals surface area (Å²) in [6.45, 7) is 2.30. The van der Waals surface area contributed by atoms with Gasteiger partial charge in [-0.25, -0.2) is 9.78 Å². The van der Waals surface area contributed by atoms with Crippen molar-refractivity contribution in [3.05, 3.63) is 71.6 Å². The second-order valence-electron chi connectivity index (χ2n) is 5.90. The number of aromatic nitrogens is 2. The average molecular weight is 411 g/mol. The number of anilines is 4. The SMILES string of the molecule is CCNC(=O)Nc1cc(Nc2ccccc2Cl)c(NC(=O)c2cccnc2)cn1. The monoisotopic (exact) mass is 410 g/mol. The maximum Gasteiger partial charge on any atom is 0.320 e. The van der Waals surface area contributed by atoms with E-state index in [4.69, 9.17) is 11.6 Å². The lowest BCUT2D eigenvalue weighted by molar-refractivity contribution is 0.102. The molecule has 29 heavy (non-hydrogen) atoms. The average Bonchev–Trinajstić information content (AvgIpc) is 2.72. The maximum absolute atomic E-state index is 12.5. The van der Waals surface area contributed by atoms with Crippen molar-refractivity contribution in [1.29, 1.82) is 0 Å². The van der Waals surface area contributed by atoms with Crippen molar-refractivity contribution in [2.75, 3.05) is 22.5 Å². The van der Waals surface area contributed by atoms with Crippen LogP contribution in [0.4, 0.5) is 27.7 Å². The van der Waals surface area contributed by atoms with Gasteiger partial charge >= 0.3 is 6.03 Å². The van der Waals surface area contributed by atoms with E-state index in [0.29, 0.717) is 40.0 Å². The van der Waals surface area contributed by atoms with Gasteiger partial charge in [0.05, 0.1) is 33.8 Å². The number of carbonyl (C=O) groups is 2. The van der Waals surface area contributed by atoms with E-state index in [2.05, 4.69) is 31.2 Å². The zero-order chi connectivity index (χ0) is 20.6. The fourth-order valence-electron chi connectivity index (χ4n) is 2.45. The van der Waals surface area contributed by atoms with Gasteiger partial charge in [0, 0.05) is 25.0 Å². The normalized spacial score (nSPS) is 10.1. The molecular weight excluding hydrogens is 392 g/mol. The molecule has 3 aromatic rings. The number of halogens is 1. The molecule has 1 aromatic carbocycles. The van der Waals surface area contributed by atoms with Crippen molar-refractivity contribution < 1.29 is 9.59 Å². The molecule has 2 aromatic heterocycles. The molecule has 2 heterocycles. The first-order valence-electron chi connectivity index (χ1n) is 8.84. The number of nitrogens with zero attached hydrogens (tertiary/aromatic N) is 2. The molecule has 9 heteroatoms. The Morgan fingerprint density at radius 3 is 2.55 bits per heavy atom. The first kappa shape index (κ1) is 20.1. The van der Waals surface area contributed by atoms with Gasteiger partial charge in [-0.1, -0.05) is 23.7 Å². The Kier molecular flexibility index (Phi) is 6.59. The third kappa shape index (κ3) is 5.43. The Labute approximate surface area is 172 Å². The highest BCUT2D eigenvalue weighted by molar-refractivity contribution is 6.33. The molecule has 0 radical (unpaired) electrons. The van der Waals surface area contributed by atoms with Crippen LogP contribution in [-0.2, 0) is 0 Å². The van der Waals surface area contributed by atoms with E-state index in [-0.39, 0.29) is 11.9 Å². The molecule has 0 saturated carbocycles. The highest BCUT2D eigenvalue weighted by Crippen LogP contribution is 2.31. The molecule has 148 valence electrons. The van der Waals surface area contributed by atoms with Crippen LogP contribution in [0.1, 0.15) is 17.3 Å². The van der Waals surface area contributed by atoms with Crippen LogP contribution < -0.4 is 21.3 Å². The number of amides is 3. The van der Waals surface area contributed by atoms with Crippen LogP contribution in [0.5, 0.6) is 0 Å². The molecule has 0 saturated heterocycles. The van der Waals surface area contributed by atoms with Crippen LogP contribution in [0.25, 0.3) is 0 Å². The zero-order valence-corrected chi connectivity index (χ0v) is 16.3. The van der Waals surface area contributed by atoms with Gasteiger partial charge in [0.1, 0.15) is 5.82 Å². The molecule has 0 atom stereocenters.